The molecular formula is C25H21FN6O2. The first-order valence-electron chi connectivity index (χ1n) is 10.6. The summed E-state index contributed by atoms with van der Waals surface area (Å²) in [4.78, 5) is 22.2. The van der Waals surface area contributed by atoms with E-state index in [9.17, 15) is 9.18 Å². The van der Waals surface area contributed by atoms with Gasteiger partial charge in [0.15, 0.2) is 5.82 Å². The molecule has 1 amide bonds. The second-order valence-electron chi connectivity index (χ2n) is 7.71. The first-order chi connectivity index (χ1) is 16.5. The second-order valence-corrected chi connectivity index (χ2v) is 7.71. The number of rotatable bonds is 5. The van der Waals surface area contributed by atoms with Crippen molar-refractivity contribution in [1.29, 1.82) is 0 Å². The van der Waals surface area contributed by atoms with Crippen LogP contribution in [0.15, 0.2) is 84.3 Å². The Morgan fingerprint density at radius 2 is 1.82 bits per heavy atom. The van der Waals surface area contributed by atoms with Crippen molar-refractivity contribution in [2.24, 2.45) is 0 Å². The van der Waals surface area contributed by atoms with Gasteiger partial charge in [-0.15, -0.1) is 5.10 Å². The molecule has 9 heteroatoms. The number of carbonyl (C=O) groups is 1. The molecule has 8 nitrogen and oxygen atoms in total. The van der Waals surface area contributed by atoms with E-state index in [1.807, 2.05) is 24.3 Å². The molecule has 170 valence electrons. The Labute approximate surface area is 195 Å². The quantitative estimate of drug-likeness (QED) is 0.462. The number of ether oxygens (including phenoxy) is 1. The van der Waals surface area contributed by atoms with E-state index in [2.05, 4.69) is 20.6 Å². The Balaban J connectivity index is 1.60. The maximum absolute atomic E-state index is 13.7. The molecule has 0 fully saturated rings. The van der Waals surface area contributed by atoms with Crippen LogP contribution in [0, 0.1) is 5.82 Å². The van der Waals surface area contributed by atoms with Crippen LogP contribution in [-0.4, -0.2) is 32.8 Å². The third kappa shape index (κ3) is 3.88. The van der Waals surface area contributed by atoms with Crippen molar-refractivity contribution in [3.63, 3.8) is 0 Å². The number of nitrogens with zero attached hydrogens (tertiary/aromatic N) is 4. The molecule has 1 aliphatic rings. The highest BCUT2D eigenvalue weighted by Gasteiger charge is 2.34. The van der Waals surface area contributed by atoms with Gasteiger partial charge in [0.05, 0.1) is 18.4 Å². The molecule has 5 rings (SSSR count). The number of pyridine rings is 1. The van der Waals surface area contributed by atoms with Gasteiger partial charge in [-0.25, -0.2) is 9.07 Å². The summed E-state index contributed by atoms with van der Waals surface area (Å²) < 4.78 is 20.7. The molecule has 1 atom stereocenters. The zero-order valence-corrected chi connectivity index (χ0v) is 18.5. The van der Waals surface area contributed by atoms with Gasteiger partial charge in [-0.2, -0.15) is 4.98 Å². The molecular weight excluding hydrogens is 435 g/mol. The zero-order valence-electron chi connectivity index (χ0n) is 18.5. The molecule has 3 heterocycles. The number of methoxy groups -OCH3 is 1. The molecule has 0 bridgehead atoms. The topological polar surface area (TPSA) is 94.0 Å². The molecule has 2 aromatic carbocycles. The van der Waals surface area contributed by atoms with Crippen LogP contribution in [0.3, 0.4) is 0 Å². The summed E-state index contributed by atoms with van der Waals surface area (Å²) in [5.41, 5.74) is 3.06. The molecule has 0 aliphatic carbocycles. The summed E-state index contributed by atoms with van der Waals surface area (Å²) in [6.07, 6.45) is 3.33. The first-order valence-corrected chi connectivity index (χ1v) is 10.6. The normalized spacial score (nSPS) is 14.9. The van der Waals surface area contributed by atoms with E-state index in [1.54, 1.807) is 55.4 Å². The molecule has 0 spiro atoms. The van der Waals surface area contributed by atoms with E-state index in [4.69, 9.17) is 9.84 Å². The van der Waals surface area contributed by atoms with Crippen LogP contribution < -0.4 is 15.4 Å². The highest BCUT2D eigenvalue weighted by molar-refractivity contribution is 6.06. The lowest BCUT2D eigenvalue weighted by molar-refractivity contribution is -0.113. The number of benzene rings is 2. The van der Waals surface area contributed by atoms with E-state index in [1.165, 1.54) is 12.1 Å². The van der Waals surface area contributed by atoms with E-state index in [-0.39, 0.29) is 11.7 Å². The zero-order chi connectivity index (χ0) is 23.7. The number of hydrogen-bond acceptors (Lipinski definition) is 6. The smallest absolute Gasteiger partial charge is 0.255 e. The lowest BCUT2D eigenvalue weighted by Crippen LogP contribution is -2.31. The Morgan fingerprint density at radius 3 is 2.56 bits per heavy atom. The third-order valence-electron chi connectivity index (χ3n) is 5.58. The van der Waals surface area contributed by atoms with Crippen molar-refractivity contribution in [1.82, 2.24) is 19.7 Å². The fraction of sp³-hybridized carbons (Fsp3) is 0.120. The van der Waals surface area contributed by atoms with Gasteiger partial charge < -0.3 is 15.4 Å². The van der Waals surface area contributed by atoms with Crippen LogP contribution in [0.1, 0.15) is 18.5 Å². The number of carbonyl (C=O) groups excluding carboxylic acids is 1. The fourth-order valence-electron chi connectivity index (χ4n) is 3.96. The van der Waals surface area contributed by atoms with Gasteiger partial charge in [0.1, 0.15) is 17.6 Å². The van der Waals surface area contributed by atoms with E-state index < -0.39 is 6.04 Å². The van der Waals surface area contributed by atoms with Gasteiger partial charge >= 0.3 is 0 Å². The average Bonchev–Trinajstić information content (AvgIpc) is 3.28. The maximum atomic E-state index is 13.7. The molecule has 1 aliphatic heterocycles. The van der Waals surface area contributed by atoms with Crippen LogP contribution in [0.2, 0.25) is 0 Å². The lowest BCUT2D eigenvalue weighted by Gasteiger charge is -2.28. The molecule has 0 saturated carbocycles. The molecule has 2 aromatic heterocycles. The van der Waals surface area contributed by atoms with Gasteiger partial charge in [0, 0.05) is 23.7 Å². The highest BCUT2D eigenvalue weighted by Crippen LogP contribution is 2.37. The minimum absolute atomic E-state index is 0.338. The number of aromatic nitrogens is 4. The first kappa shape index (κ1) is 21.3. The Bertz CT molecular complexity index is 1380. The number of anilines is 2. The SMILES string of the molecule is COc1ccccc1NC(=O)C1=C(C)Nc2nc(-c3ccncc3)nn2[C@H]1c1ccc(F)cc1. The molecule has 4 aromatic rings. The standard InChI is InChI=1S/C25H21FN6O2/c1-15-21(24(33)29-19-5-3-4-6-20(19)34-2)22(16-7-9-18(26)10-8-16)32-25(28-15)30-23(31-32)17-11-13-27-14-12-17/h3-14,22H,1-2H3,(H,29,33)(H,28,30,31)/t22-/m0/s1. The van der Waals surface area contributed by atoms with E-state index in [0.29, 0.717) is 40.0 Å². The predicted molar refractivity (Wildman–Crippen MR) is 126 cm³/mol. The summed E-state index contributed by atoms with van der Waals surface area (Å²) >= 11 is 0. The van der Waals surface area contributed by atoms with Crippen LogP contribution >= 0.6 is 0 Å². The number of allylic oxidation sites excluding steroid dienone is 1. The van der Waals surface area contributed by atoms with Crippen LogP contribution in [0.4, 0.5) is 16.0 Å². The number of fused-ring (bicyclic) bond motifs is 1. The maximum Gasteiger partial charge on any atom is 0.255 e. The number of amides is 1. The summed E-state index contributed by atoms with van der Waals surface area (Å²) in [6.45, 7) is 1.80. The monoisotopic (exact) mass is 456 g/mol. The van der Waals surface area contributed by atoms with Gasteiger partial charge in [-0.05, 0) is 48.9 Å². The Morgan fingerprint density at radius 1 is 1.09 bits per heavy atom. The van der Waals surface area contributed by atoms with Gasteiger partial charge in [0.2, 0.25) is 5.95 Å². The summed E-state index contributed by atoms with van der Waals surface area (Å²) in [5, 5.41) is 10.8. The molecule has 0 unspecified atom stereocenters. The second kappa shape index (κ2) is 8.78. The fourth-order valence-corrected chi connectivity index (χ4v) is 3.96. The van der Waals surface area contributed by atoms with Crippen molar-refractivity contribution in [3.8, 4) is 17.1 Å². The summed E-state index contributed by atoms with van der Waals surface area (Å²) in [6, 6.07) is 16.2. The number of hydrogen-bond donors (Lipinski definition) is 2. The van der Waals surface area contributed by atoms with Crippen molar-refractivity contribution in [3.05, 3.63) is 95.7 Å². The summed E-state index contributed by atoms with van der Waals surface area (Å²) in [5.74, 6) is 0.798. The molecule has 0 radical (unpaired) electrons. The lowest BCUT2D eigenvalue weighted by atomic mass is 9.95. The van der Waals surface area contributed by atoms with Gasteiger partial charge in [-0.3, -0.25) is 9.78 Å². The average molecular weight is 456 g/mol. The Kier molecular flexibility index (Phi) is 5.51. The minimum Gasteiger partial charge on any atom is -0.495 e. The van der Waals surface area contributed by atoms with Crippen molar-refractivity contribution < 1.29 is 13.9 Å². The molecule has 0 saturated heterocycles. The summed E-state index contributed by atoms with van der Waals surface area (Å²) in [7, 11) is 1.54. The van der Waals surface area contributed by atoms with Crippen LogP contribution in [0.25, 0.3) is 11.4 Å². The van der Waals surface area contributed by atoms with Crippen molar-refractivity contribution in [2.75, 3.05) is 17.7 Å². The highest BCUT2D eigenvalue weighted by atomic mass is 19.1. The van der Waals surface area contributed by atoms with Crippen LogP contribution in [0.5, 0.6) is 5.75 Å². The van der Waals surface area contributed by atoms with E-state index in [0.717, 1.165) is 5.56 Å². The molecule has 34 heavy (non-hydrogen) atoms. The van der Waals surface area contributed by atoms with Crippen molar-refractivity contribution in [2.45, 2.75) is 13.0 Å². The van der Waals surface area contributed by atoms with Gasteiger partial charge in [0.25, 0.3) is 5.91 Å². The third-order valence-corrected chi connectivity index (χ3v) is 5.58. The largest absolute Gasteiger partial charge is 0.495 e. The number of nitrogens with one attached hydrogen (secondary N) is 2. The van der Waals surface area contributed by atoms with Crippen LogP contribution in [-0.2, 0) is 4.79 Å². The van der Waals surface area contributed by atoms with Gasteiger partial charge in [-0.1, -0.05) is 24.3 Å². The number of para-hydroxylation sites is 2. The number of halogens is 1. The van der Waals surface area contributed by atoms with E-state index >= 15 is 0 Å². The minimum atomic E-state index is -0.630. The Hall–Kier alpha value is -4.53. The van der Waals surface area contributed by atoms with Crippen molar-refractivity contribution >= 4 is 17.5 Å². The predicted octanol–water partition coefficient (Wildman–Crippen LogP) is 4.42. The molecule has 2 N–H and O–H groups in total.